The molecule has 5 nitrogen and oxygen atoms in total. The minimum absolute atomic E-state index is 0.0741. The van der Waals surface area contributed by atoms with Crippen molar-refractivity contribution in [2.24, 2.45) is 0 Å². The largest absolute Gasteiger partial charge is 0.465 e. The van der Waals surface area contributed by atoms with Gasteiger partial charge in [-0.05, 0) is 12.8 Å². The van der Waals surface area contributed by atoms with Crippen molar-refractivity contribution in [3.63, 3.8) is 0 Å². The molecule has 0 aromatic heterocycles. The van der Waals surface area contributed by atoms with Gasteiger partial charge in [-0.3, -0.25) is 4.90 Å². The third-order valence-electron chi connectivity index (χ3n) is 1.87. The predicted octanol–water partition coefficient (Wildman–Crippen LogP) is 1.04. The summed E-state index contributed by atoms with van der Waals surface area (Å²) in [6, 6.07) is 1.81. The number of hydrogen-bond donors (Lipinski definition) is 2. The summed E-state index contributed by atoms with van der Waals surface area (Å²) in [5.74, 6) is 0. The molecule has 14 heavy (non-hydrogen) atoms. The van der Waals surface area contributed by atoms with Crippen LogP contribution < -0.4 is 0 Å². The summed E-state index contributed by atoms with van der Waals surface area (Å²) in [4.78, 5) is 11.6. The molecule has 5 heteroatoms. The van der Waals surface area contributed by atoms with Crippen LogP contribution in [0.5, 0.6) is 0 Å². The summed E-state index contributed by atoms with van der Waals surface area (Å²) in [6.07, 6.45) is 2.24. The molecule has 0 aliphatic rings. The molecule has 0 aromatic rings. The predicted molar refractivity (Wildman–Crippen MR) is 50.8 cm³/mol. The molecule has 0 atom stereocenters. The van der Waals surface area contributed by atoms with Crippen molar-refractivity contribution < 1.29 is 15.0 Å². The highest BCUT2D eigenvalue weighted by Gasteiger charge is 2.09. The molecular formula is C9H16N2O3. The molecule has 0 fully saturated rings. The zero-order valence-electron chi connectivity index (χ0n) is 8.15. The van der Waals surface area contributed by atoms with E-state index in [4.69, 9.17) is 15.5 Å². The Morgan fingerprint density at radius 3 is 2.43 bits per heavy atom. The Balaban J connectivity index is 3.52. The molecule has 0 bridgehead atoms. The average molecular weight is 200 g/mol. The number of unbranched alkanes of at least 4 members (excludes halogenated alkanes) is 3. The molecule has 0 heterocycles. The fraction of sp³-hybridized carbons (Fsp3) is 0.778. The molecule has 0 saturated heterocycles. The van der Waals surface area contributed by atoms with E-state index in [1.54, 1.807) is 6.07 Å². The lowest BCUT2D eigenvalue weighted by Gasteiger charge is -2.14. The van der Waals surface area contributed by atoms with Gasteiger partial charge in [0, 0.05) is 13.2 Å². The summed E-state index contributed by atoms with van der Waals surface area (Å²) in [6.45, 7) is 0.504. The van der Waals surface area contributed by atoms with E-state index in [9.17, 15) is 4.79 Å². The quantitative estimate of drug-likeness (QED) is 0.475. The minimum atomic E-state index is -1.05. The second-order valence-corrected chi connectivity index (χ2v) is 3.00. The van der Waals surface area contributed by atoms with Crippen molar-refractivity contribution in [3.05, 3.63) is 0 Å². The van der Waals surface area contributed by atoms with Gasteiger partial charge in [0.2, 0.25) is 0 Å². The molecular weight excluding hydrogens is 184 g/mol. The lowest BCUT2D eigenvalue weighted by Crippen LogP contribution is -2.30. The van der Waals surface area contributed by atoms with Crippen molar-refractivity contribution in [2.75, 3.05) is 19.7 Å². The molecule has 0 rings (SSSR count). The number of aliphatic hydroxyl groups excluding tert-OH is 1. The van der Waals surface area contributed by atoms with Gasteiger partial charge >= 0.3 is 6.09 Å². The maximum Gasteiger partial charge on any atom is 0.408 e. The maximum absolute atomic E-state index is 10.5. The standard InChI is InChI=1S/C9H16N2O3/c10-5-7-11(9(13)14)6-3-1-2-4-8-12/h12H,1-4,6-8H2,(H,13,14). The number of carbonyl (C=O) groups is 1. The fourth-order valence-electron chi connectivity index (χ4n) is 1.10. The van der Waals surface area contributed by atoms with Gasteiger partial charge in [-0.15, -0.1) is 0 Å². The average Bonchev–Trinajstić information content (AvgIpc) is 2.15. The summed E-state index contributed by atoms with van der Waals surface area (Å²) in [5, 5.41) is 25.5. The number of rotatable bonds is 7. The van der Waals surface area contributed by atoms with E-state index in [1.165, 1.54) is 0 Å². The van der Waals surface area contributed by atoms with E-state index >= 15 is 0 Å². The number of nitrogens with zero attached hydrogens (tertiary/aromatic N) is 2. The number of amides is 1. The van der Waals surface area contributed by atoms with Crippen LogP contribution >= 0.6 is 0 Å². The van der Waals surface area contributed by atoms with Crippen LogP contribution in [0.2, 0.25) is 0 Å². The molecule has 0 aliphatic heterocycles. The van der Waals surface area contributed by atoms with Gasteiger partial charge in [0.25, 0.3) is 0 Å². The Morgan fingerprint density at radius 1 is 1.29 bits per heavy atom. The van der Waals surface area contributed by atoms with Gasteiger partial charge in [-0.25, -0.2) is 4.79 Å². The minimum Gasteiger partial charge on any atom is -0.465 e. The van der Waals surface area contributed by atoms with Crippen molar-refractivity contribution in [1.82, 2.24) is 4.90 Å². The number of hydrogen-bond acceptors (Lipinski definition) is 3. The van der Waals surface area contributed by atoms with Crippen LogP contribution in [0, 0.1) is 11.3 Å². The van der Waals surface area contributed by atoms with E-state index in [-0.39, 0.29) is 13.2 Å². The summed E-state index contributed by atoms with van der Waals surface area (Å²) < 4.78 is 0. The molecule has 0 spiro atoms. The van der Waals surface area contributed by atoms with Crippen LogP contribution in [0.15, 0.2) is 0 Å². The number of nitriles is 1. The Labute approximate surface area is 83.6 Å². The zero-order chi connectivity index (χ0) is 10.8. The number of carboxylic acid groups (broad SMARTS) is 1. The van der Waals surface area contributed by atoms with E-state index in [1.807, 2.05) is 0 Å². The topological polar surface area (TPSA) is 84.6 Å². The van der Waals surface area contributed by atoms with E-state index in [0.29, 0.717) is 6.54 Å². The normalized spacial score (nSPS) is 9.43. The lowest BCUT2D eigenvalue weighted by atomic mass is 10.2. The van der Waals surface area contributed by atoms with Crippen LogP contribution in [0.3, 0.4) is 0 Å². The lowest BCUT2D eigenvalue weighted by molar-refractivity contribution is 0.150. The van der Waals surface area contributed by atoms with E-state index in [2.05, 4.69) is 0 Å². The second kappa shape index (κ2) is 8.32. The molecule has 0 radical (unpaired) electrons. The SMILES string of the molecule is N#CCN(CCCCCCO)C(=O)O. The Kier molecular flexibility index (Phi) is 7.56. The second-order valence-electron chi connectivity index (χ2n) is 3.00. The van der Waals surface area contributed by atoms with Crippen LogP contribution in [0.25, 0.3) is 0 Å². The molecule has 0 saturated carbocycles. The van der Waals surface area contributed by atoms with Crippen LogP contribution in [-0.4, -0.2) is 40.9 Å². The summed E-state index contributed by atoms with van der Waals surface area (Å²) in [7, 11) is 0. The highest BCUT2D eigenvalue weighted by atomic mass is 16.4. The molecule has 0 unspecified atom stereocenters. The van der Waals surface area contributed by atoms with Crippen LogP contribution in [0.4, 0.5) is 4.79 Å². The van der Waals surface area contributed by atoms with Gasteiger partial charge in [0.15, 0.2) is 0 Å². The molecule has 1 amide bonds. The first-order valence-corrected chi connectivity index (χ1v) is 4.68. The van der Waals surface area contributed by atoms with Crippen molar-refractivity contribution in [1.29, 1.82) is 5.26 Å². The third-order valence-corrected chi connectivity index (χ3v) is 1.87. The van der Waals surface area contributed by atoms with E-state index in [0.717, 1.165) is 30.6 Å². The molecule has 0 aromatic carbocycles. The number of aliphatic hydroxyl groups is 1. The van der Waals surface area contributed by atoms with E-state index < -0.39 is 6.09 Å². The van der Waals surface area contributed by atoms with Crippen LogP contribution in [-0.2, 0) is 0 Å². The third kappa shape index (κ3) is 6.26. The van der Waals surface area contributed by atoms with Gasteiger partial charge in [-0.1, -0.05) is 12.8 Å². The molecule has 0 aliphatic carbocycles. The monoisotopic (exact) mass is 200 g/mol. The van der Waals surface area contributed by atoms with Gasteiger partial charge in [0.05, 0.1) is 6.07 Å². The first-order chi connectivity index (χ1) is 6.72. The first-order valence-electron chi connectivity index (χ1n) is 4.68. The smallest absolute Gasteiger partial charge is 0.408 e. The van der Waals surface area contributed by atoms with Crippen molar-refractivity contribution >= 4 is 6.09 Å². The van der Waals surface area contributed by atoms with Crippen molar-refractivity contribution in [3.8, 4) is 6.07 Å². The molecule has 80 valence electrons. The zero-order valence-corrected chi connectivity index (χ0v) is 8.15. The van der Waals surface area contributed by atoms with Gasteiger partial charge < -0.3 is 10.2 Å². The Bertz CT molecular complexity index is 201. The summed E-state index contributed by atoms with van der Waals surface area (Å²) in [5.41, 5.74) is 0. The maximum atomic E-state index is 10.5. The molecule has 2 N–H and O–H groups in total. The first kappa shape index (κ1) is 12.7. The van der Waals surface area contributed by atoms with Crippen LogP contribution in [0.1, 0.15) is 25.7 Å². The highest BCUT2D eigenvalue weighted by Crippen LogP contribution is 2.01. The summed E-state index contributed by atoms with van der Waals surface area (Å²) >= 11 is 0. The van der Waals surface area contributed by atoms with Gasteiger partial charge in [0.1, 0.15) is 6.54 Å². The van der Waals surface area contributed by atoms with Crippen molar-refractivity contribution in [2.45, 2.75) is 25.7 Å². The Hall–Kier alpha value is -1.28. The fourth-order valence-corrected chi connectivity index (χ4v) is 1.10. The Morgan fingerprint density at radius 2 is 1.93 bits per heavy atom. The van der Waals surface area contributed by atoms with Gasteiger partial charge in [-0.2, -0.15) is 5.26 Å². The highest BCUT2D eigenvalue weighted by molar-refractivity contribution is 5.65.